The Morgan fingerprint density at radius 1 is 1.50 bits per heavy atom. The Morgan fingerprint density at radius 2 is 2.19 bits per heavy atom. The second kappa shape index (κ2) is 3.72. The van der Waals surface area contributed by atoms with Crippen LogP contribution in [0.15, 0.2) is 11.6 Å². The highest BCUT2D eigenvalue weighted by molar-refractivity contribution is 5.50. The van der Waals surface area contributed by atoms with Gasteiger partial charge in [0.1, 0.15) is 6.29 Å². The summed E-state index contributed by atoms with van der Waals surface area (Å²) in [4.78, 5) is 10.7. The van der Waals surface area contributed by atoms with Gasteiger partial charge in [-0.2, -0.15) is 0 Å². The lowest BCUT2D eigenvalue weighted by atomic mass is 9.48. The molecule has 0 heterocycles. The average Bonchev–Trinajstić information content (AvgIpc) is 2.16. The molecule has 1 nitrogen and oxygen atoms in total. The SMILES string of the molecule is CC(C)(CC=O)CC1=CC[C@H]2C[C@H]1C2(C)C. The van der Waals surface area contributed by atoms with E-state index in [0.29, 0.717) is 11.8 Å². The molecule has 0 aromatic heterocycles. The maximum absolute atomic E-state index is 10.7. The average molecular weight is 220 g/mol. The Labute approximate surface area is 99.3 Å². The normalized spacial score (nSPS) is 31.6. The number of rotatable bonds is 4. The summed E-state index contributed by atoms with van der Waals surface area (Å²) >= 11 is 0. The molecule has 0 aromatic rings. The van der Waals surface area contributed by atoms with Crippen molar-refractivity contribution < 1.29 is 4.79 Å². The van der Waals surface area contributed by atoms with E-state index >= 15 is 0 Å². The van der Waals surface area contributed by atoms with Crippen LogP contribution in [0.2, 0.25) is 0 Å². The quantitative estimate of drug-likeness (QED) is 0.517. The second-order valence-electron chi connectivity index (χ2n) is 7.03. The molecule has 0 saturated heterocycles. The lowest BCUT2D eigenvalue weighted by Gasteiger charge is -2.57. The highest BCUT2D eigenvalue weighted by atomic mass is 16.1. The number of carbonyl (C=O) groups excluding carboxylic acids is 1. The Morgan fingerprint density at radius 3 is 2.69 bits per heavy atom. The van der Waals surface area contributed by atoms with E-state index in [9.17, 15) is 4.79 Å². The van der Waals surface area contributed by atoms with E-state index in [-0.39, 0.29) is 5.41 Å². The van der Waals surface area contributed by atoms with E-state index in [4.69, 9.17) is 0 Å². The monoisotopic (exact) mass is 220 g/mol. The molecule has 1 fully saturated rings. The van der Waals surface area contributed by atoms with Crippen LogP contribution in [0.4, 0.5) is 0 Å². The van der Waals surface area contributed by atoms with Crippen molar-refractivity contribution in [3.63, 3.8) is 0 Å². The molecule has 0 spiro atoms. The number of hydrogen-bond donors (Lipinski definition) is 0. The van der Waals surface area contributed by atoms with Crippen molar-refractivity contribution in [3.8, 4) is 0 Å². The summed E-state index contributed by atoms with van der Waals surface area (Å²) in [5.41, 5.74) is 2.28. The molecule has 0 radical (unpaired) electrons. The molecule has 1 saturated carbocycles. The van der Waals surface area contributed by atoms with Gasteiger partial charge in [0.15, 0.2) is 0 Å². The van der Waals surface area contributed by atoms with Crippen molar-refractivity contribution in [2.45, 2.75) is 53.4 Å². The van der Waals surface area contributed by atoms with E-state index in [0.717, 1.165) is 24.5 Å². The Balaban J connectivity index is 2.06. The predicted molar refractivity (Wildman–Crippen MR) is 67.2 cm³/mol. The van der Waals surface area contributed by atoms with Crippen LogP contribution in [0.25, 0.3) is 0 Å². The van der Waals surface area contributed by atoms with Gasteiger partial charge in [-0.15, -0.1) is 0 Å². The van der Waals surface area contributed by atoms with Crippen LogP contribution in [0, 0.1) is 22.7 Å². The maximum atomic E-state index is 10.7. The van der Waals surface area contributed by atoms with Crippen molar-refractivity contribution in [2.24, 2.45) is 22.7 Å². The lowest BCUT2D eigenvalue weighted by molar-refractivity contribution is -0.109. The van der Waals surface area contributed by atoms with Crippen LogP contribution in [0.3, 0.4) is 0 Å². The summed E-state index contributed by atoms with van der Waals surface area (Å²) in [6.07, 6.45) is 7.95. The molecule has 16 heavy (non-hydrogen) atoms. The van der Waals surface area contributed by atoms with Crippen LogP contribution >= 0.6 is 0 Å². The number of allylic oxidation sites excluding steroid dienone is 2. The van der Waals surface area contributed by atoms with Crippen LogP contribution in [0.1, 0.15) is 53.4 Å². The molecule has 3 aliphatic rings. The van der Waals surface area contributed by atoms with E-state index in [1.807, 2.05) is 0 Å². The zero-order chi connectivity index (χ0) is 12.0. The van der Waals surface area contributed by atoms with E-state index < -0.39 is 0 Å². The molecule has 0 aromatic carbocycles. The van der Waals surface area contributed by atoms with Gasteiger partial charge in [0.2, 0.25) is 0 Å². The number of carbonyl (C=O) groups is 1. The van der Waals surface area contributed by atoms with Crippen molar-refractivity contribution in [1.29, 1.82) is 0 Å². The first-order chi connectivity index (χ1) is 7.37. The van der Waals surface area contributed by atoms with Gasteiger partial charge in [-0.05, 0) is 41.9 Å². The summed E-state index contributed by atoms with van der Waals surface area (Å²) in [6, 6.07) is 0. The minimum atomic E-state index is 0.145. The number of aldehydes is 1. The highest BCUT2D eigenvalue weighted by Crippen LogP contribution is 2.60. The summed E-state index contributed by atoms with van der Waals surface area (Å²) < 4.78 is 0. The molecule has 3 rings (SSSR count). The fourth-order valence-electron chi connectivity index (χ4n) is 3.53. The van der Waals surface area contributed by atoms with Gasteiger partial charge in [-0.25, -0.2) is 0 Å². The Kier molecular flexibility index (Phi) is 2.76. The summed E-state index contributed by atoms with van der Waals surface area (Å²) in [5.74, 6) is 1.70. The molecule has 0 N–H and O–H groups in total. The first-order valence-corrected chi connectivity index (χ1v) is 6.49. The standard InChI is InChI=1S/C15H24O/c1-14(2,7-8-16)10-11-5-6-12-9-13(11)15(12,3)4/h5,8,12-13H,6-7,9-10H2,1-4H3/t12-,13+/m0/s1. The van der Waals surface area contributed by atoms with Gasteiger partial charge < -0.3 is 4.79 Å². The molecule has 1 heteroatoms. The molecule has 2 atom stereocenters. The van der Waals surface area contributed by atoms with Crippen LogP contribution < -0.4 is 0 Å². The van der Waals surface area contributed by atoms with Gasteiger partial charge >= 0.3 is 0 Å². The molecule has 0 aliphatic heterocycles. The molecule has 2 bridgehead atoms. The number of hydrogen-bond acceptors (Lipinski definition) is 1. The molecule has 0 amide bonds. The zero-order valence-corrected chi connectivity index (χ0v) is 11.0. The summed E-state index contributed by atoms with van der Waals surface area (Å²) in [5, 5.41) is 0. The smallest absolute Gasteiger partial charge is 0.120 e. The van der Waals surface area contributed by atoms with Crippen molar-refractivity contribution in [2.75, 3.05) is 0 Å². The van der Waals surface area contributed by atoms with E-state index in [1.165, 1.54) is 12.8 Å². The predicted octanol–water partition coefficient (Wildman–Crippen LogP) is 3.98. The minimum Gasteiger partial charge on any atom is -0.303 e. The third kappa shape index (κ3) is 1.85. The largest absolute Gasteiger partial charge is 0.303 e. The van der Waals surface area contributed by atoms with E-state index in [1.54, 1.807) is 5.57 Å². The van der Waals surface area contributed by atoms with Gasteiger partial charge in [-0.1, -0.05) is 39.3 Å². The molecular weight excluding hydrogens is 196 g/mol. The van der Waals surface area contributed by atoms with Crippen LogP contribution in [0.5, 0.6) is 0 Å². The second-order valence-corrected chi connectivity index (χ2v) is 7.03. The van der Waals surface area contributed by atoms with Crippen molar-refractivity contribution in [3.05, 3.63) is 11.6 Å². The molecule has 3 aliphatic carbocycles. The first-order valence-electron chi connectivity index (χ1n) is 6.49. The third-order valence-corrected chi connectivity index (χ3v) is 4.90. The topological polar surface area (TPSA) is 17.1 Å². The van der Waals surface area contributed by atoms with Gasteiger partial charge in [0.05, 0.1) is 0 Å². The van der Waals surface area contributed by atoms with Crippen LogP contribution in [-0.4, -0.2) is 6.29 Å². The highest BCUT2D eigenvalue weighted by Gasteiger charge is 2.51. The molecule has 0 unspecified atom stereocenters. The fourth-order valence-corrected chi connectivity index (χ4v) is 3.53. The Bertz CT molecular complexity index is 322. The van der Waals surface area contributed by atoms with Gasteiger partial charge in [0, 0.05) is 6.42 Å². The fraction of sp³-hybridized carbons (Fsp3) is 0.800. The van der Waals surface area contributed by atoms with E-state index in [2.05, 4.69) is 33.8 Å². The van der Waals surface area contributed by atoms with Crippen molar-refractivity contribution >= 4 is 6.29 Å². The van der Waals surface area contributed by atoms with Crippen LogP contribution in [-0.2, 0) is 4.79 Å². The first kappa shape index (κ1) is 11.9. The zero-order valence-electron chi connectivity index (χ0n) is 11.0. The Hall–Kier alpha value is -0.590. The minimum absolute atomic E-state index is 0.145. The summed E-state index contributed by atoms with van der Waals surface area (Å²) in [6.45, 7) is 9.23. The van der Waals surface area contributed by atoms with Gasteiger partial charge in [-0.3, -0.25) is 0 Å². The summed E-state index contributed by atoms with van der Waals surface area (Å²) in [7, 11) is 0. The lowest BCUT2D eigenvalue weighted by Crippen LogP contribution is -2.48. The molecular formula is C15H24O. The molecule has 90 valence electrons. The third-order valence-electron chi connectivity index (χ3n) is 4.90. The van der Waals surface area contributed by atoms with Crippen molar-refractivity contribution in [1.82, 2.24) is 0 Å². The van der Waals surface area contributed by atoms with Gasteiger partial charge in [0.25, 0.3) is 0 Å². The number of fused-ring (bicyclic) bond motifs is 1. The maximum Gasteiger partial charge on any atom is 0.120 e.